The number of para-hydroxylation sites is 1. The molecule has 0 bridgehead atoms. The highest BCUT2D eigenvalue weighted by Crippen LogP contribution is 2.32. The van der Waals surface area contributed by atoms with E-state index in [1.54, 1.807) is 48.5 Å². The molecule has 7 nitrogen and oxygen atoms in total. The van der Waals surface area contributed by atoms with E-state index in [2.05, 4.69) is 15.3 Å². The Hall–Kier alpha value is -4.25. The smallest absolute Gasteiger partial charge is 0.416 e. The van der Waals surface area contributed by atoms with Crippen molar-refractivity contribution in [3.63, 3.8) is 0 Å². The molecule has 2 heterocycles. The average Bonchev–Trinajstić information content (AvgIpc) is 3.27. The maximum Gasteiger partial charge on any atom is 0.416 e. The van der Waals surface area contributed by atoms with E-state index < -0.39 is 17.3 Å². The highest BCUT2D eigenvalue weighted by atomic mass is 32.2. The molecule has 1 amide bonds. The van der Waals surface area contributed by atoms with Gasteiger partial charge in [0.2, 0.25) is 5.91 Å². The highest BCUT2D eigenvalue weighted by Gasteiger charge is 2.31. The summed E-state index contributed by atoms with van der Waals surface area (Å²) in [6.45, 7) is 2.39. The molecule has 3 aromatic carbocycles. The second kappa shape index (κ2) is 10.3. The first-order valence-corrected chi connectivity index (χ1v) is 12.6. The van der Waals surface area contributed by atoms with Crippen LogP contribution in [0.15, 0.2) is 82.7 Å². The molecule has 5 aromatic rings. The maximum atomic E-state index is 13.6. The number of fused-ring (bicyclic) bond motifs is 3. The molecule has 5 rings (SSSR count). The van der Waals surface area contributed by atoms with Gasteiger partial charge in [0.05, 0.1) is 23.6 Å². The van der Waals surface area contributed by atoms with Crippen molar-refractivity contribution < 1.29 is 22.7 Å². The summed E-state index contributed by atoms with van der Waals surface area (Å²) in [7, 11) is 0. The monoisotopic (exact) mass is 538 g/mol. The van der Waals surface area contributed by atoms with Crippen molar-refractivity contribution in [2.45, 2.75) is 18.3 Å². The molecule has 38 heavy (non-hydrogen) atoms. The zero-order chi connectivity index (χ0) is 26.9. The lowest BCUT2D eigenvalue weighted by Crippen LogP contribution is -2.23. The van der Waals surface area contributed by atoms with Crippen molar-refractivity contribution >= 4 is 45.3 Å². The van der Waals surface area contributed by atoms with Gasteiger partial charge >= 0.3 is 6.18 Å². The zero-order valence-corrected chi connectivity index (χ0v) is 20.8. The van der Waals surface area contributed by atoms with Crippen molar-refractivity contribution in [3.8, 4) is 11.4 Å². The number of ether oxygens (including phenoxy) is 1. The van der Waals surface area contributed by atoms with Crippen LogP contribution in [-0.2, 0) is 11.0 Å². The fourth-order valence-corrected chi connectivity index (χ4v) is 4.82. The standard InChI is InChI=1S/C27H21F3N4O3S/c1-2-37-19-12-10-17(11-13-19)31-22(35)15-38-26-33-23-20-8-3-4-9-21(20)32-24(23)25(36)34(26)18-7-5-6-16(14-18)27(28,29)30/h3-14,32H,2,15H2,1H3,(H,31,35). The molecule has 2 aromatic heterocycles. The number of thioether (sulfide) groups is 1. The third-order valence-corrected chi connectivity index (χ3v) is 6.65. The molecule has 0 atom stereocenters. The number of aromatic amines is 1. The molecule has 0 fully saturated rings. The normalized spacial score (nSPS) is 11.7. The number of nitrogens with one attached hydrogen (secondary N) is 2. The minimum atomic E-state index is -4.59. The van der Waals surface area contributed by atoms with E-state index in [0.717, 1.165) is 28.5 Å². The second-order valence-electron chi connectivity index (χ2n) is 8.27. The Bertz CT molecular complexity index is 1690. The largest absolute Gasteiger partial charge is 0.494 e. The number of nitrogens with zero attached hydrogens (tertiary/aromatic N) is 2. The Morgan fingerprint density at radius 3 is 2.58 bits per heavy atom. The molecule has 0 aliphatic heterocycles. The first kappa shape index (κ1) is 25.4. The number of hydrogen-bond acceptors (Lipinski definition) is 5. The lowest BCUT2D eigenvalue weighted by atomic mass is 10.2. The predicted octanol–water partition coefficient (Wildman–Crippen LogP) is 6.02. The Balaban J connectivity index is 1.52. The summed E-state index contributed by atoms with van der Waals surface area (Å²) in [5, 5.41) is 3.54. The predicted molar refractivity (Wildman–Crippen MR) is 141 cm³/mol. The van der Waals surface area contributed by atoms with Crippen LogP contribution in [0, 0.1) is 0 Å². The number of amides is 1. The quantitative estimate of drug-likeness (QED) is 0.196. The van der Waals surface area contributed by atoms with Gasteiger partial charge in [0.1, 0.15) is 16.8 Å². The maximum absolute atomic E-state index is 13.6. The third kappa shape index (κ3) is 5.10. The zero-order valence-electron chi connectivity index (χ0n) is 20.0. The SMILES string of the molecule is CCOc1ccc(NC(=O)CSc2nc3c([nH]c4ccccc43)c(=O)n2-c2cccc(C(F)(F)F)c2)cc1. The van der Waals surface area contributed by atoms with Gasteiger partial charge in [-0.15, -0.1) is 0 Å². The van der Waals surface area contributed by atoms with Crippen molar-refractivity contribution in [1.82, 2.24) is 14.5 Å². The number of hydrogen-bond donors (Lipinski definition) is 2. The summed E-state index contributed by atoms with van der Waals surface area (Å²) in [6.07, 6.45) is -4.59. The van der Waals surface area contributed by atoms with Gasteiger partial charge in [-0.1, -0.05) is 36.0 Å². The van der Waals surface area contributed by atoms with Crippen LogP contribution in [0.3, 0.4) is 0 Å². The van der Waals surface area contributed by atoms with Crippen molar-refractivity contribution in [3.05, 3.63) is 88.7 Å². The summed E-state index contributed by atoms with van der Waals surface area (Å²) in [6, 6.07) is 18.5. The van der Waals surface area contributed by atoms with E-state index in [1.165, 1.54) is 12.1 Å². The minimum Gasteiger partial charge on any atom is -0.494 e. The first-order valence-electron chi connectivity index (χ1n) is 11.6. The van der Waals surface area contributed by atoms with Gasteiger partial charge in [0.15, 0.2) is 5.16 Å². The molecule has 11 heteroatoms. The fourth-order valence-electron chi connectivity index (χ4n) is 4.02. The number of anilines is 1. The van der Waals surface area contributed by atoms with Crippen LogP contribution in [0.25, 0.3) is 27.6 Å². The van der Waals surface area contributed by atoms with Crippen LogP contribution < -0.4 is 15.6 Å². The van der Waals surface area contributed by atoms with Crippen LogP contribution in [0.2, 0.25) is 0 Å². The number of H-pyrrole nitrogens is 1. The summed E-state index contributed by atoms with van der Waals surface area (Å²) in [5.74, 6) is 0.163. The Kier molecular flexibility index (Phi) is 6.85. The van der Waals surface area contributed by atoms with Crippen LogP contribution in [0.5, 0.6) is 5.75 Å². The third-order valence-electron chi connectivity index (χ3n) is 5.71. The number of aromatic nitrogens is 3. The van der Waals surface area contributed by atoms with Gasteiger partial charge in [-0.05, 0) is 55.5 Å². The van der Waals surface area contributed by atoms with E-state index >= 15 is 0 Å². The molecule has 0 aliphatic rings. The Labute approximate surface area is 218 Å². The number of rotatable bonds is 7. The molecule has 194 valence electrons. The van der Waals surface area contributed by atoms with E-state index in [0.29, 0.717) is 34.5 Å². The summed E-state index contributed by atoms with van der Waals surface area (Å²) < 4.78 is 46.8. The number of carbonyl (C=O) groups is 1. The fraction of sp³-hybridized carbons (Fsp3) is 0.148. The summed E-state index contributed by atoms with van der Waals surface area (Å²) >= 11 is 0.955. The van der Waals surface area contributed by atoms with Gasteiger partial charge < -0.3 is 15.0 Å². The Morgan fingerprint density at radius 1 is 1.08 bits per heavy atom. The topological polar surface area (TPSA) is 89.0 Å². The molecule has 0 aliphatic carbocycles. The lowest BCUT2D eigenvalue weighted by molar-refractivity contribution is -0.137. The number of carbonyl (C=O) groups excluding carboxylic acids is 1. The highest BCUT2D eigenvalue weighted by molar-refractivity contribution is 7.99. The van der Waals surface area contributed by atoms with E-state index in [4.69, 9.17) is 4.74 Å². The van der Waals surface area contributed by atoms with Gasteiger partial charge in [0.25, 0.3) is 5.56 Å². The van der Waals surface area contributed by atoms with E-state index in [-0.39, 0.29) is 28.0 Å². The van der Waals surface area contributed by atoms with Crippen LogP contribution >= 0.6 is 11.8 Å². The Morgan fingerprint density at radius 2 is 1.84 bits per heavy atom. The second-order valence-corrected chi connectivity index (χ2v) is 9.21. The van der Waals surface area contributed by atoms with E-state index in [1.807, 2.05) is 6.92 Å². The summed E-state index contributed by atoms with van der Waals surface area (Å²) in [4.78, 5) is 33.9. The molecule has 0 saturated heterocycles. The van der Waals surface area contributed by atoms with Crippen LogP contribution in [0.4, 0.5) is 18.9 Å². The molecule has 0 saturated carbocycles. The lowest BCUT2D eigenvalue weighted by Gasteiger charge is -2.14. The minimum absolute atomic E-state index is 0.00713. The van der Waals surface area contributed by atoms with Crippen molar-refractivity contribution in [1.29, 1.82) is 0 Å². The number of benzene rings is 3. The molecule has 0 unspecified atom stereocenters. The average molecular weight is 539 g/mol. The molecular weight excluding hydrogens is 517 g/mol. The van der Waals surface area contributed by atoms with Gasteiger partial charge in [-0.25, -0.2) is 4.98 Å². The first-order chi connectivity index (χ1) is 18.2. The molecule has 0 spiro atoms. The van der Waals surface area contributed by atoms with Crippen LogP contribution in [-0.4, -0.2) is 32.8 Å². The number of alkyl halides is 3. The van der Waals surface area contributed by atoms with Crippen LogP contribution in [0.1, 0.15) is 12.5 Å². The molecule has 0 radical (unpaired) electrons. The van der Waals surface area contributed by atoms with Crippen molar-refractivity contribution in [2.24, 2.45) is 0 Å². The van der Waals surface area contributed by atoms with Gasteiger partial charge in [0, 0.05) is 16.6 Å². The van der Waals surface area contributed by atoms with Crippen molar-refractivity contribution in [2.75, 3.05) is 17.7 Å². The number of halogens is 3. The van der Waals surface area contributed by atoms with Gasteiger partial charge in [-0.2, -0.15) is 13.2 Å². The van der Waals surface area contributed by atoms with Gasteiger partial charge in [-0.3, -0.25) is 14.2 Å². The molecule has 2 N–H and O–H groups in total. The molecular formula is C27H21F3N4O3S. The summed E-state index contributed by atoms with van der Waals surface area (Å²) in [5.41, 5.74) is 0.276. The van der Waals surface area contributed by atoms with E-state index in [9.17, 15) is 22.8 Å².